The maximum Gasteiger partial charge on any atom is 0.225 e. The number of carbonyl (C=O) groups excluding carboxylic acids is 1. The summed E-state index contributed by atoms with van der Waals surface area (Å²) in [6.45, 7) is 12.6. The first kappa shape index (κ1) is 13.2. The molecular formula is C11H22N2O. The highest BCUT2D eigenvalue weighted by Gasteiger charge is 2.26. The zero-order valence-electron chi connectivity index (χ0n) is 9.68. The maximum atomic E-state index is 11.3. The fourth-order valence-electron chi connectivity index (χ4n) is 1.01. The van der Waals surface area contributed by atoms with Crippen LogP contribution < -0.4 is 11.1 Å². The fraction of sp³-hybridized carbons (Fsp3) is 0.727. The van der Waals surface area contributed by atoms with Crippen LogP contribution in [0.25, 0.3) is 0 Å². The van der Waals surface area contributed by atoms with Crippen molar-refractivity contribution in [1.82, 2.24) is 5.32 Å². The van der Waals surface area contributed by atoms with Crippen molar-refractivity contribution in [3.8, 4) is 0 Å². The number of nitrogens with two attached hydrogens (primary N) is 1. The van der Waals surface area contributed by atoms with E-state index in [1.54, 1.807) is 0 Å². The molecule has 0 aromatic carbocycles. The van der Waals surface area contributed by atoms with Crippen LogP contribution in [-0.4, -0.2) is 12.6 Å². The molecule has 0 aliphatic carbocycles. The standard InChI is InChI=1S/C11H22N2O/c1-8(2)11(4,5)9(3)6-10(14)13-7-12/h8H,3,6-7,12H2,1-2,4-5H3,(H,13,14). The van der Waals surface area contributed by atoms with Gasteiger partial charge in [-0.05, 0) is 11.3 Å². The normalized spacial score (nSPS) is 11.6. The summed E-state index contributed by atoms with van der Waals surface area (Å²) in [6.07, 6.45) is 0.363. The van der Waals surface area contributed by atoms with E-state index < -0.39 is 0 Å². The average Bonchev–Trinajstić information content (AvgIpc) is 2.03. The van der Waals surface area contributed by atoms with Gasteiger partial charge in [0.2, 0.25) is 5.91 Å². The summed E-state index contributed by atoms with van der Waals surface area (Å²) in [5.74, 6) is 0.423. The van der Waals surface area contributed by atoms with Crippen molar-refractivity contribution in [2.75, 3.05) is 6.67 Å². The van der Waals surface area contributed by atoms with Crippen LogP contribution in [0.5, 0.6) is 0 Å². The highest BCUT2D eigenvalue weighted by Crippen LogP contribution is 2.35. The van der Waals surface area contributed by atoms with Crippen molar-refractivity contribution in [3.05, 3.63) is 12.2 Å². The molecule has 0 unspecified atom stereocenters. The average molecular weight is 198 g/mol. The Morgan fingerprint density at radius 3 is 2.36 bits per heavy atom. The summed E-state index contributed by atoms with van der Waals surface area (Å²) in [4.78, 5) is 11.3. The molecule has 0 atom stereocenters. The lowest BCUT2D eigenvalue weighted by molar-refractivity contribution is -0.120. The molecule has 0 rings (SSSR count). The van der Waals surface area contributed by atoms with Crippen LogP contribution in [0, 0.1) is 11.3 Å². The number of carbonyl (C=O) groups is 1. The molecule has 0 spiro atoms. The van der Waals surface area contributed by atoms with Gasteiger partial charge in [0.1, 0.15) is 0 Å². The second-order valence-electron chi connectivity index (χ2n) is 4.46. The molecule has 3 heteroatoms. The van der Waals surface area contributed by atoms with Crippen LogP contribution in [0.15, 0.2) is 12.2 Å². The van der Waals surface area contributed by atoms with Crippen molar-refractivity contribution in [2.45, 2.75) is 34.1 Å². The van der Waals surface area contributed by atoms with Crippen molar-refractivity contribution in [2.24, 2.45) is 17.1 Å². The Morgan fingerprint density at radius 1 is 1.50 bits per heavy atom. The molecule has 3 N–H and O–H groups in total. The lowest BCUT2D eigenvalue weighted by atomic mass is 9.74. The zero-order valence-corrected chi connectivity index (χ0v) is 9.68. The number of amides is 1. The SMILES string of the molecule is C=C(CC(=O)NCN)C(C)(C)C(C)C. The molecule has 0 radical (unpaired) electrons. The zero-order chi connectivity index (χ0) is 11.4. The molecule has 0 heterocycles. The van der Waals surface area contributed by atoms with Crippen LogP contribution in [0.3, 0.4) is 0 Å². The summed E-state index contributed by atoms with van der Waals surface area (Å²) in [5, 5.41) is 2.57. The van der Waals surface area contributed by atoms with Gasteiger partial charge < -0.3 is 11.1 Å². The van der Waals surface area contributed by atoms with Gasteiger partial charge in [-0.3, -0.25) is 4.79 Å². The van der Waals surface area contributed by atoms with Gasteiger partial charge in [-0.2, -0.15) is 0 Å². The number of hydrogen-bond donors (Lipinski definition) is 2. The Bertz CT molecular complexity index is 219. The third-order valence-electron chi connectivity index (χ3n) is 3.03. The van der Waals surface area contributed by atoms with Gasteiger partial charge in [-0.1, -0.05) is 39.8 Å². The van der Waals surface area contributed by atoms with Crippen molar-refractivity contribution in [3.63, 3.8) is 0 Å². The van der Waals surface area contributed by atoms with E-state index in [0.29, 0.717) is 12.3 Å². The molecule has 3 nitrogen and oxygen atoms in total. The first-order chi connectivity index (χ1) is 6.32. The first-order valence-corrected chi connectivity index (χ1v) is 4.97. The molecule has 0 aliphatic heterocycles. The summed E-state index contributed by atoms with van der Waals surface area (Å²) in [7, 11) is 0. The topological polar surface area (TPSA) is 55.1 Å². The van der Waals surface area contributed by atoms with E-state index >= 15 is 0 Å². The Hall–Kier alpha value is -0.830. The Balaban J connectivity index is 4.27. The Kier molecular flexibility index (Phi) is 4.85. The van der Waals surface area contributed by atoms with Gasteiger partial charge in [0.05, 0.1) is 6.67 Å². The van der Waals surface area contributed by atoms with Gasteiger partial charge in [-0.15, -0.1) is 0 Å². The third-order valence-corrected chi connectivity index (χ3v) is 3.03. The summed E-state index contributed by atoms with van der Waals surface area (Å²) in [5.41, 5.74) is 6.16. The predicted molar refractivity (Wildman–Crippen MR) is 59.6 cm³/mol. The largest absolute Gasteiger partial charge is 0.343 e. The highest BCUT2D eigenvalue weighted by molar-refractivity contribution is 5.78. The quantitative estimate of drug-likeness (QED) is 0.521. The van der Waals surface area contributed by atoms with E-state index in [4.69, 9.17) is 5.73 Å². The van der Waals surface area contributed by atoms with E-state index in [2.05, 4.69) is 39.6 Å². The Labute approximate surface area is 86.8 Å². The summed E-state index contributed by atoms with van der Waals surface area (Å²) >= 11 is 0. The highest BCUT2D eigenvalue weighted by atomic mass is 16.1. The monoisotopic (exact) mass is 198 g/mol. The molecule has 14 heavy (non-hydrogen) atoms. The van der Waals surface area contributed by atoms with E-state index in [-0.39, 0.29) is 18.0 Å². The van der Waals surface area contributed by atoms with Crippen molar-refractivity contribution < 1.29 is 4.79 Å². The summed E-state index contributed by atoms with van der Waals surface area (Å²) < 4.78 is 0. The van der Waals surface area contributed by atoms with Crippen LogP contribution in [0.1, 0.15) is 34.1 Å². The van der Waals surface area contributed by atoms with Gasteiger partial charge in [0.15, 0.2) is 0 Å². The third kappa shape index (κ3) is 3.50. The molecular weight excluding hydrogens is 176 g/mol. The number of rotatable bonds is 5. The van der Waals surface area contributed by atoms with E-state index in [9.17, 15) is 4.79 Å². The molecule has 0 aromatic rings. The minimum Gasteiger partial charge on any atom is -0.343 e. The van der Waals surface area contributed by atoms with Crippen LogP contribution in [0.4, 0.5) is 0 Å². The van der Waals surface area contributed by atoms with E-state index in [0.717, 1.165) is 5.57 Å². The van der Waals surface area contributed by atoms with Gasteiger partial charge in [0.25, 0.3) is 0 Å². The number of nitrogens with one attached hydrogen (secondary N) is 1. The fourth-order valence-corrected chi connectivity index (χ4v) is 1.01. The molecule has 0 aliphatic rings. The molecule has 1 amide bonds. The molecule has 0 saturated carbocycles. The smallest absolute Gasteiger partial charge is 0.225 e. The lowest BCUT2D eigenvalue weighted by Crippen LogP contribution is -2.32. The summed E-state index contributed by atoms with van der Waals surface area (Å²) in [6, 6.07) is 0. The minimum atomic E-state index is -0.0498. The Morgan fingerprint density at radius 2 is 2.00 bits per heavy atom. The first-order valence-electron chi connectivity index (χ1n) is 4.97. The van der Waals surface area contributed by atoms with Gasteiger partial charge in [0, 0.05) is 6.42 Å². The maximum absolute atomic E-state index is 11.3. The van der Waals surface area contributed by atoms with Gasteiger partial charge >= 0.3 is 0 Å². The molecule has 0 bridgehead atoms. The van der Waals surface area contributed by atoms with Crippen LogP contribution >= 0.6 is 0 Å². The molecule has 0 saturated heterocycles. The molecule has 0 fully saturated rings. The second kappa shape index (κ2) is 5.15. The van der Waals surface area contributed by atoms with Crippen LogP contribution in [-0.2, 0) is 4.79 Å². The molecule has 82 valence electrons. The predicted octanol–water partition coefficient (Wildman–Crippen LogP) is 1.65. The minimum absolute atomic E-state index is 0.00800. The lowest BCUT2D eigenvalue weighted by Gasteiger charge is -2.31. The second-order valence-corrected chi connectivity index (χ2v) is 4.46. The van der Waals surface area contributed by atoms with Crippen LogP contribution in [0.2, 0.25) is 0 Å². The van der Waals surface area contributed by atoms with Crippen molar-refractivity contribution >= 4 is 5.91 Å². The number of hydrogen-bond acceptors (Lipinski definition) is 2. The van der Waals surface area contributed by atoms with Gasteiger partial charge in [-0.25, -0.2) is 0 Å². The van der Waals surface area contributed by atoms with E-state index in [1.807, 2.05) is 0 Å². The van der Waals surface area contributed by atoms with E-state index in [1.165, 1.54) is 0 Å². The van der Waals surface area contributed by atoms with Crippen molar-refractivity contribution in [1.29, 1.82) is 0 Å². The molecule has 0 aromatic heterocycles.